The van der Waals surface area contributed by atoms with Gasteiger partial charge in [0.05, 0.1) is 0 Å². The Labute approximate surface area is 122 Å². The van der Waals surface area contributed by atoms with Gasteiger partial charge in [-0.3, -0.25) is 0 Å². The molecule has 0 heterocycles. The fraction of sp³-hybridized carbons (Fsp3) is 0.250. The van der Waals surface area contributed by atoms with Crippen molar-refractivity contribution in [1.82, 2.24) is 0 Å². The Morgan fingerprint density at radius 3 is 2.33 bits per heavy atom. The maximum absolute atomic E-state index is 3.63. The van der Waals surface area contributed by atoms with Crippen molar-refractivity contribution < 1.29 is 0 Å². The van der Waals surface area contributed by atoms with E-state index in [4.69, 9.17) is 0 Å². The number of hydrogen-bond acceptors (Lipinski definition) is 1. The van der Waals surface area contributed by atoms with Crippen molar-refractivity contribution in [1.29, 1.82) is 0 Å². The van der Waals surface area contributed by atoms with Crippen molar-refractivity contribution in [3.63, 3.8) is 0 Å². The molecule has 0 aliphatic heterocycles. The molecule has 1 atom stereocenters. The third kappa shape index (κ3) is 3.63. The van der Waals surface area contributed by atoms with Crippen LogP contribution in [0, 0.1) is 6.92 Å². The van der Waals surface area contributed by atoms with Crippen LogP contribution in [0.25, 0.3) is 0 Å². The summed E-state index contributed by atoms with van der Waals surface area (Å²) in [5.41, 5.74) is 2.78. The van der Waals surface area contributed by atoms with Crippen LogP contribution in [0.15, 0.2) is 59.5 Å². The molecule has 0 aromatic heterocycles. The van der Waals surface area contributed by atoms with Gasteiger partial charge in [0.1, 0.15) is 0 Å². The number of aryl methyl sites for hydroxylation is 1. The minimum absolute atomic E-state index is 0.566. The van der Waals surface area contributed by atoms with Crippen molar-refractivity contribution >= 4 is 27.7 Å². The Kier molecular flexibility index (Phi) is 5.33. The maximum atomic E-state index is 3.63. The normalized spacial score (nSPS) is 12.3. The molecule has 2 heteroatoms. The molecule has 0 saturated carbocycles. The zero-order chi connectivity index (χ0) is 12.8. The molecule has 18 heavy (non-hydrogen) atoms. The molecular formula is C16H17BrS. The highest BCUT2D eigenvalue weighted by atomic mass is 79.9. The fourth-order valence-electron chi connectivity index (χ4n) is 1.86. The second kappa shape index (κ2) is 7.01. The van der Waals surface area contributed by atoms with Crippen LogP contribution in [-0.4, -0.2) is 11.1 Å². The second-order valence-corrected chi connectivity index (χ2v) is 6.05. The van der Waals surface area contributed by atoms with Gasteiger partial charge in [0, 0.05) is 21.9 Å². The first-order valence-electron chi connectivity index (χ1n) is 6.10. The minimum atomic E-state index is 0.566. The number of rotatable bonds is 5. The molecule has 0 bridgehead atoms. The van der Waals surface area contributed by atoms with E-state index in [2.05, 4.69) is 77.5 Å². The molecule has 0 aliphatic rings. The summed E-state index contributed by atoms with van der Waals surface area (Å²) in [7, 11) is 0. The Hall–Kier alpha value is -0.730. The van der Waals surface area contributed by atoms with E-state index in [-0.39, 0.29) is 0 Å². The number of hydrogen-bond donors (Lipinski definition) is 0. The van der Waals surface area contributed by atoms with Crippen LogP contribution in [0.4, 0.5) is 0 Å². The van der Waals surface area contributed by atoms with E-state index >= 15 is 0 Å². The van der Waals surface area contributed by atoms with E-state index in [0.717, 1.165) is 11.1 Å². The predicted molar refractivity (Wildman–Crippen MR) is 84.9 cm³/mol. The molecule has 0 saturated heterocycles. The van der Waals surface area contributed by atoms with E-state index in [0.29, 0.717) is 5.92 Å². The number of alkyl halides is 1. The second-order valence-electron chi connectivity index (χ2n) is 4.34. The van der Waals surface area contributed by atoms with Crippen molar-refractivity contribution in [3.8, 4) is 0 Å². The van der Waals surface area contributed by atoms with Crippen LogP contribution >= 0.6 is 27.7 Å². The molecule has 0 aliphatic carbocycles. The van der Waals surface area contributed by atoms with Crippen molar-refractivity contribution in [2.24, 2.45) is 0 Å². The minimum Gasteiger partial charge on any atom is -0.125 e. The monoisotopic (exact) mass is 320 g/mol. The van der Waals surface area contributed by atoms with Gasteiger partial charge in [-0.1, -0.05) is 64.5 Å². The lowest BCUT2D eigenvalue weighted by Gasteiger charge is -2.14. The SMILES string of the molecule is Cc1ccccc1SCC(CBr)c1ccccc1. The molecule has 0 N–H and O–H groups in total. The molecule has 1 unspecified atom stereocenters. The van der Waals surface area contributed by atoms with Crippen molar-refractivity contribution in [3.05, 3.63) is 65.7 Å². The van der Waals surface area contributed by atoms with E-state index in [1.165, 1.54) is 16.0 Å². The lowest BCUT2D eigenvalue weighted by molar-refractivity contribution is 0.902. The van der Waals surface area contributed by atoms with Crippen LogP contribution < -0.4 is 0 Å². The van der Waals surface area contributed by atoms with Crippen LogP contribution in [-0.2, 0) is 0 Å². The molecule has 94 valence electrons. The third-order valence-corrected chi connectivity index (χ3v) is 5.11. The summed E-state index contributed by atoms with van der Waals surface area (Å²) in [6.07, 6.45) is 0. The van der Waals surface area contributed by atoms with Gasteiger partial charge in [-0.2, -0.15) is 0 Å². The summed E-state index contributed by atoms with van der Waals surface area (Å²) in [4.78, 5) is 1.39. The van der Waals surface area contributed by atoms with Gasteiger partial charge in [-0.05, 0) is 24.1 Å². The molecule has 0 amide bonds. The lowest BCUT2D eigenvalue weighted by atomic mass is 10.0. The molecule has 0 radical (unpaired) electrons. The van der Waals surface area contributed by atoms with Gasteiger partial charge in [0.2, 0.25) is 0 Å². The van der Waals surface area contributed by atoms with Gasteiger partial charge in [0.25, 0.3) is 0 Å². The van der Waals surface area contributed by atoms with Gasteiger partial charge < -0.3 is 0 Å². The Morgan fingerprint density at radius 2 is 1.67 bits per heavy atom. The molecule has 2 aromatic carbocycles. The average Bonchev–Trinajstić information content (AvgIpc) is 2.42. The molecule has 0 spiro atoms. The summed E-state index contributed by atoms with van der Waals surface area (Å²) < 4.78 is 0. The standard InChI is InChI=1S/C16H17BrS/c1-13-7-5-6-10-16(13)18-12-15(11-17)14-8-3-2-4-9-14/h2-10,15H,11-12H2,1H3. The Morgan fingerprint density at radius 1 is 1.00 bits per heavy atom. The third-order valence-electron chi connectivity index (χ3n) is 2.99. The molecular weight excluding hydrogens is 304 g/mol. The highest BCUT2D eigenvalue weighted by molar-refractivity contribution is 9.09. The van der Waals surface area contributed by atoms with Crippen LogP contribution in [0.3, 0.4) is 0 Å². The van der Waals surface area contributed by atoms with E-state index < -0.39 is 0 Å². The average molecular weight is 321 g/mol. The first-order chi connectivity index (χ1) is 8.81. The zero-order valence-corrected chi connectivity index (χ0v) is 12.9. The maximum Gasteiger partial charge on any atom is 0.0108 e. The fourth-order valence-corrected chi connectivity index (χ4v) is 3.93. The predicted octanol–water partition coefficient (Wildman–Crippen LogP) is 5.27. The first-order valence-corrected chi connectivity index (χ1v) is 8.21. The molecule has 0 nitrogen and oxygen atoms in total. The van der Waals surface area contributed by atoms with Gasteiger partial charge in [-0.15, -0.1) is 11.8 Å². The summed E-state index contributed by atoms with van der Waals surface area (Å²) in [6.45, 7) is 2.17. The highest BCUT2D eigenvalue weighted by Gasteiger charge is 2.10. The number of thioether (sulfide) groups is 1. The Bertz CT molecular complexity index is 481. The summed E-state index contributed by atoms with van der Waals surface area (Å²) in [5.74, 6) is 1.68. The van der Waals surface area contributed by atoms with Crippen LogP contribution in [0.5, 0.6) is 0 Å². The van der Waals surface area contributed by atoms with Crippen LogP contribution in [0.1, 0.15) is 17.0 Å². The lowest BCUT2D eigenvalue weighted by Crippen LogP contribution is -2.03. The summed E-state index contributed by atoms with van der Waals surface area (Å²) in [5, 5.41) is 1.01. The number of benzene rings is 2. The molecule has 2 rings (SSSR count). The topological polar surface area (TPSA) is 0 Å². The highest BCUT2D eigenvalue weighted by Crippen LogP contribution is 2.29. The molecule has 0 fully saturated rings. The first kappa shape index (κ1) is 13.7. The van der Waals surface area contributed by atoms with Crippen molar-refractivity contribution in [2.45, 2.75) is 17.7 Å². The largest absolute Gasteiger partial charge is 0.125 e. The Balaban J connectivity index is 2.02. The van der Waals surface area contributed by atoms with E-state index in [1.807, 2.05) is 11.8 Å². The van der Waals surface area contributed by atoms with E-state index in [9.17, 15) is 0 Å². The smallest absolute Gasteiger partial charge is 0.0108 e. The zero-order valence-electron chi connectivity index (χ0n) is 10.5. The molecule has 2 aromatic rings. The number of halogens is 1. The van der Waals surface area contributed by atoms with E-state index in [1.54, 1.807) is 0 Å². The van der Waals surface area contributed by atoms with Crippen molar-refractivity contribution in [2.75, 3.05) is 11.1 Å². The van der Waals surface area contributed by atoms with Gasteiger partial charge in [-0.25, -0.2) is 0 Å². The summed E-state index contributed by atoms with van der Waals surface area (Å²) >= 11 is 5.58. The summed E-state index contributed by atoms with van der Waals surface area (Å²) in [6, 6.07) is 19.3. The quantitative estimate of drug-likeness (QED) is 0.534. The van der Waals surface area contributed by atoms with Gasteiger partial charge >= 0.3 is 0 Å². The van der Waals surface area contributed by atoms with Crippen LogP contribution in [0.2, 0.25) is 0 Å². The van der Waals surface area contributed by atoms with Gasteiger partial charge in [0.15, 0.2) is 0 Å².